The van der Waals surface area contributed by atoms with Crippen LogP contribution in [0, 0.1) is 5.92 Å². The molecule has 1 fully saturated rings. The minimum atomic E-state index is -0.223. The van der Waals surface area contributed by atoms with E-state index in [1.807, 2.05) is 29.6 Å². The van der Waals surface area contributed by atoms with Crippen LogP contribution in [0.4, 0.5) is 0 Å². The number of hydrogen-bond acceptors (Lipinski definition) is 5. The third kappa shape index (κ3) is 3.92. The van der Waals surface area contributed by atoms with Crippen LogP contribution in [0.3, 0.4) is 0 Å². The monoisotopic (exact) mass is 372 g/mol. The van der Waals surface area contributed by atoms with Crippen molar-refractivity contribution in [3.63, 3.8) is 0 Å². The van der Waals surface area contributed by atoms with Crippen molar-refractivity contribution in [1.82, 2.24) is 10.2 Å². The predicted molar refractivity (Wildman–Crippen MR) is 101 cm³/mol. The van der Waals surface area contributed by atoms with Gasteiger partial charge in [-0.25, -0.2) is 0 Å². The molecule has 5 nitrogen and oxygen atoms in total. The molecule has 0 radical (unpaired) electrons. The van der Waals surface area contributed by atoms with Gasteiger partial charge in [-0.1, -0.05) is 24.3 Å². The zero-order chi connectivity index (χ0) is 17.9. The van der Waals surface area contributed by atoms with E-state index in [0.717, 1.165) is 37.2 Å². The molecule has 2 aliphatic rings. The second-order valence-corrected chi connectivity index (χ2v) is 8.09. The van der Waals surface area contributed by atoms with Crippen LogP contribution in [0.1, 0.15) is 29.3 Å². The second-order valence-electron chi connectivity index (χ2n) is 7.11. The minimum absolute atomic E-state index is 0.00131. The number of aliphatic hydroxyl groups is 1. The number of aliphatic hydroxyl groups excluding tert-OH is 1. The molecule has 1 atom stereocenters. The normalized spacial score (nSPS) is 23.9. The van der Waals surface area contributed by atoms with E-state index in [9.17, 15) is 9.90 Å². The van der Waals surface area contributed by atoms with Gasteiger partial charge in [0, 0.05) is 23.5 Å². The number of carbonyl (C=O) groups is 1. The molecule has 2 aromatic rings. The zero-order valence-corrected chi connectivity index (χ0v) is 15.5. The SMILES string of the molecule is O=C(CN1CCOc2ccccc2C1)N[C@H](c1cccs1)C1CC(O)C1. The number of nitrogens with zero attached hydrogens (tertiary/aromatic N) is 1. The molecule has 1 aromatic heterocycles. The lowest BCUT2D eigenvalue weighted by molar-refractivity contribution is -0.124. The Hall–Kier alpha value is -1.89. The molecule has 0 saturated heterocycles. The van der Waals surface area contributed by atoms with Crippen molar-refractivity contribution in [3.05, 3.63) is 52.2 Å². The first-order chi connectivity index (χ1) is 12.7. The number of para-hydroxylation sites is 1. The van der Waals surface area contributed by atoms with E-state index in [0.29, 0.717) is 19.1 Å². The molecule has 4 rings (SSSR count). The molecule has 0 unspecified atom stereocenters. The Kier molecular flexibility index (Phi) is 5.24. The van der Waals surface area contributed by atoms with Gasteiger partial charge in [0.2, 0.25) is 5.91 Å². The molecule has 1 amide bonds. The molecular formula is C20H24N2O3S. The summed E-state index contributed by atoms with van der Waals surface area (Å²) < 4.78 is 5.78. The van der Waals surface area contributed by atoms with Crippen LogP contribution in [0.2, 0.25) is 0 Å². The van der Waals surface area contributed by atoms with Crippen LogP contribution >= 0.6 is 11.3 Å². The van der Waals surface area contributed by atoms with Gasteiger partial charge in [0.25, 0.3) is 0 Å². The maximum absolute atomic E-state index is 12.7. The van der Waals surface area contributed by atoms with Crippen LogP contribution in [0.5, 0.6) is 5.75 Å². The van der Waals surface area contributed by atoms with Crippen LogP contribution in [0.25, 0.3) is 0 Å². The maximum atomic E-state index is 12.7. The number of carbonyl (C=O) groups excluding carboxylic acids is 1. The van der Waals surface area contributed by atoms with Crippen molar-refractivity contribution >= 4 is 17.2 Å². The summed E-state index contributed by atoms with van der Waals surface area (Å²) in [7, 11) is 0. The summed E-state index contributed by atoms with van der Waals surface area (Å²) in [5.74, 6) is 1.26. The molecule has 138 valence electrons. The number of hydrogen-bond donors (Lipinski definition) is 2. The van der Waals surface area contributed by atoms with E-state index in [4.69, 9.17) is 4.74 Å². The third-order valence-corrected chi connectivity index (χ3v) is 6.14. The van der Waals surface area contributed by atoms with Crippen molar-refractivity contribution in [3.8, 4) is 5.75 Å². The van der Waals surface area contributed by atoms with E-state index in [1.165, 1.54) is 4.88 Å². The molecule has 0 bridgehead atoms. The van der Waals surface area contributed by atoms with E-state index in [2.05, 4.69) is 22.3 Å². The Morgan fingerprint density at radius 2 is 2.15 bits per heavy atom. The third-order valence-electron chi connectivity index (χ3n) is 5.19. The number of nitrogens with one attached hydrogen (secondary N) is 1. The van der Waals surface area contributed by atoms with E-state index in [1.54, 1.807) is 11.3 Å². The number of amides is 1. The van der Waals surface area contributed by atoms with Crippen LogP contribution in [-0.4, -0.2) is 41.7 Å². The number of rotatable bonds is 5. The summed E-state index contributed by atoms with van der Waals surface area (Å²) >= 11 is 1.66. The van der Waals surface area contributed by atoms with E-state index >= 15 is 0 Å². The Morgan fingerprint density at radius 1 is 1.31 bits per heavy atom. The molecule has 1 aromatic carbocycles. The molecular weight excluding hydrogens is 348 g/mol. The Labute approximate surface area is 157 Å². The molecule has 1 aliphatic heterocycles. The lowest BCUT2D eigenvalue weighted by atomic mass is 9.77. The second kappa shape index (κ2) is 7.78. The Bertz CT molecular complexity index is 743. The van der Waals surface area contributed by atoms with Gasteiger partial charge in [0.1, 0.15) is 12.4 Å². The lowest BCUT2D eigenvalue weighted by Gasteiger charge is -2.38. The van der Waals surface area contributed by atoms with Crippen molar-refractivity contribution < 1.29 is 14.6 Å². The van der Waals surface area contributed by atoms with Crippen molar-refractivity contribution in [1.29, 1.82) is 0 Å². The van der Waals surface area contributed by atoms with Gasteiger partial charge in [-0.2, -0.15) is 0 Å². The fraction of sp³-hybridized carbons (Fsp3) is 0.450. The highest BCUT2D eigenvalue weighted by atomic mass is 32.1. The summed E-state index contributed by atoms with van der Waals surface area (Å²) in [5.41, 5.74) is 1.12. The molecule has 2 heterocycles. The molecule has 1 saturated carbocycles. The van der Waals surface area contributed by atoms with Gasteiger partial charge in [-0.15, -0.1) is 11.3 Å². The van der Waals surface area contributed by atoms with Crippen molar-refractivity contribution in [2.75, 3.05) is 19.7 Å². The van der Waals surface area contributed by atoms with Crippen LogP contribution in [-0.2, 0) is 11.3 Å². The summed E-state index contributed by atoms with van der Waals surface area (Å²) in [4.78, 5) is 16.0. The van der Waals surface area contributed by atoms with Gasteiger partial charge in [-0.3, -0.25) is 9.69 Å². The fourth-order valence-electron chi connectivity index (χ4n) is 3.73. The summed E-state index contributed by atoms with van der Waals surface area (Å²) in [6.45, 7) is 2.39. The fourth-order valence-corrected chi connectivity index (χ4v) is 4.60. The molecule has 26 heavy (non-hydrogen) atoms. The van der Waals surface area contributed by atoms with Crippen LogP contribution in [0.15, 0.2) is 41.8 Å². The van der Waals surface area contributed by atoms with Crippen molar-refractivity contribution in [2.24, 2.45) is 5.92 Å². The first-order valence-corrected chi connectivity index (χ1v) is 10.0. The number of fused-ring (bicyclic) bond motifs is 1. The lowest BCUT2D eigenvalue weighted by Crippen LogP contribution is -2.44. The van der Waals surface area contributed by atoms with Gasteiger partial charge < -0.3 is 15.2 Å². The Balaban J connectivity index is 1.39. The van der Waals surface area contributed by atoms with E-state index in [-0.39, 0.29) is 18.1 Å². The average molecular weight is 372 g/mol. The molecule has 2 N–H and O–H groups in total. The first-order valence-electron chi connectivity index (χ1n) is 9.13. The molecule has 1 aliphatic carbocycles. The van der Waals surface area contributed by atoms with Crippen molar-refractivity contribution in [2.45, 2.75) is 31.5 Å². The number of thiophene rings is 1. The maximum Gasteiger partial charge on any atom is 0.234 e. The van der Waals surface area contributed by atoms with E-state index < -0.39 is 0 Å². The predicted octanol–water partition coefficient (Wildman–Crippen LogP) is 2.57. The Morgan fingerprint density at radius 3 is 2.92 bits per heavy atom. The highest BCUT2D eigenvalue weighted by Crippen LogP contribution is 2.39. The number of benzene rings is 1. The smallest absolute Gasteiger partial charge is 0.234 e. The standard InChI is InChI=1S/C20H24N2O3S/c23-16-10-15(11-16)20(18-6-3-9-26-18)21-19(24)13-22-7-8-25-17-5-2-1-4-14(17)12-22/h1-6,9,15-16,20,23H,7-8,10-13H2,(H,21,24)/t15?,16?,20-/m0/s1. The highest BCUT2D eigenvalue weighted by Gasteiger charge is 2.36. The largest absolute Gasteiger partial charge is 0.492 e. The molecule has 0 spiro atoms. The topological polar surface area (TPSA) is 61.8 Å². The molecule has 6 heteroatoms. The van der Waals surface area contributed by atoms with Gasteiger partial charge in [0.05, 0.1) is 18.7 Å². The minimum Gasteiger partial charge on any atom is -0.492 e. The average Bonchev–Trinajstić information content (AvgIpc) is 3.05. The summed E-state index contributed by atoms with van der Waals surface area (Å²) in [6, 6.07) is 12.1. The highest BCUT2D eigenvalue weighted by molar-refractivity contribution is 7.10. The first kappa shape index (κ1) is 17.5. The number of ether oxygens (including phenoxy) is 1. The van der Waals surface area contributed by atoms with Gasteiger partial charge in [-0.05, 0) is 36.3 Å². The summed E-state index contributed by atoms with van der Waals surface area (Å²) in [5, 5.41) is 14.9. The quantitative estimate of drug-likeness (QED) is 0.847. The zero-order valence-electron chi connectivity index (χ0n) is 14.6. The van der Waals surface area contributed by atoms with Crippen LogP contribution < -0.4 is 10.1 Å². The summed E-state index contributed by atoms with van der Waals surface area (Å²) in [6.07, 6.45) is 1.29. The van der Waals surface area contributed by atoms with Gasteiger partial charge in [0.15, 0.2) is 0 Å². The van der Waals surface area contributed by atoms with Gasteiger partial charge >= 0.3 is 0 Å².